The highest BCUT2D eigenvalue weighted by Gasteiger charge is 2.25. The summed E-state index contributed by atoms with van der Waals surface area (Å²) in [6.07, 6.45) is 0. The summed E-state index contributed by atoms with van der Waals surface area (Å²) in [6.45, 7) is 8.27. The third-order valence-electron chi connectivity index (χ3n) is 3.37. The van der Waals surface area contributed by atoms with Gasteiger partial charge in [-0.05, 0) is 39.3 Å². The van der Waals surface area contributed by atoms with Gasteiger partial charge in [0.15, 0.2) is 0 Å². The number of carbonyl (C=O) groups excluding carboxylic acids is 1. The van der Waals surface area contributed by atoms with Gasteiger partial charge in [-0.25, -0.2) is 0 Å². The van der Waals surface area contributed by atoms with Gasteiger partial charge in [-0.2, -0.15) is 0 Å². The molecule has 4 nitrogen and oxygen atoms in total. The normalized spacial score (nSPS) is 13.1. The fourth-order valence-electron chi connectivity index (χ4n) is 1.78. The van der Waals surface area contributed by atoms with E-state index in [1.54, 1.807) is 7.11 Å². The van der Waals surface area contributed by atoms with Gasteiger partial charge >= 0.3 is 0 Å². The molecule has 19 heavy (non-hydrogen) atoms. The van der Waals surface area contributed by atoms with Gasteiger partial charge in [-0.15, -0.1) is 0 Å². The first-order chi connectivity index (χ1) is 8.77. The van der Waals surface area contributed by atoms with Crippen LogP contribution in [0.15, 0.2) is 18.2 Å². The zero-order chi connectivity index (χ0) is 14.6. The third kappa shape index (κ3) is 3.96. The molecule has 0 aliphatic rings. The van der Waals surface area contributed by atoms with E-state index in [0.717, 1.165) is 16.9 Å². The number of carbonyl (C=O) groups is 1. The maximum Gasteiger partial charge on any atom is 0.224 e. The summed E-state index contributed by atoms with van der Waals surface area (Å²) in [4.78, 5) is 11.3. The molecule has 0 radical (unpaired) electrons. The van der Waals surface area contributed by atoms with Crippen molar-refractivity contribution < 1.29 is 9.53 Å². The van der Waals surface area contributed by atoms with Crippen molar-refractivity contribution in [1.82, 2.24) is 5.32 Å². The van der Waals surface area contributed by atoms with Gasteiger partial charge in [-0.3, -0.25) is 4.79 Å². The molecule has 1 aromatic rings. The molecule has 0 bridgehead atoms. The fourth-order valence-corrected chi connectivity index (χ4v) is 1.78. The number of hydrogen-bond acceptors (Lipinski definition) is 3. The molecule has 1 rings (SSSR count). The number of rotatable bonds is 6. The van der Waals surface area contributed by atoms with Crippen molar-refractivity contribution in [2.75, 3.05) is 13.7 Å². The maximum absolute atomic E-state index is 11.3. The average molecular weight is 264 g/mol. The zero-order valence-electron chi connectivity index (χ0n) is 12.4. The van der Waals surface area contributed by atoms with Crippen LogP contribution in [0.3, 0.4) is 0 Å². The molecule has 0 spiro atoms. The van der Waals surface area contributed by atoms with E-state index >= 15 is 0 Å². The first-order valence-corrected chi connectivity index (χ1v) is 6.46. The molecule has 3 N–H and O–H groups in total. The summed E-state index contributed by atoms with van der Waals surface area (Å²) in [7, 11) is 1.67. The summed E-state index contributed by atoms with van der Waals surface area (Å²) in [5.74, 6) is 0.556. The minimum Gasteiger partial charge on any atom is -0.496 e. The number of amides is 1. The molecule has 1 unspecified atom stereocenters. The van der Waals surface area contributed by atoms with Gasteiger partial charge in [0.2, 0.25) is 5.91 Å². The third-order valence-corrected chi connectivity index (χ3v) is 3.37. The molecule has 0 heterocycles. The van der Waals surface area contributed by atoms with E-state index in [2.05, 4.69) is 11.4 Å². The van der Waals surface area contributed by atoms with Gasteiger partial charge in [0.25, 0.3) is 0 Å². The van der Waals surface area contributed by atoms with E-state index < -0.39 is 5.41 Å². The van der Waals surface area contributed by atoms with E-state index in [1.165, 1.54) is 0 Å². The lowest BCUT2D eigenvalue weighted by molar-refractivity contribution is -0.125. The first kappa shape index (κ1) is 15.5. The summed E-state index contributed by atoms with van der Waals surface area (Å²) in [6, 6.07) is 6.19. The minimum atomic E-state index is -0.563. The Hall–Kier alpha value is -1.55. The van der Waals surface area contributed by atoms with Crippen molar-refractivity contribution in [2.45, 2.75) is 33.7 Å². The lowest BCUT2D eigenvalue weighted by atomic mass is 9.92. The second-order valence-corrected chi connectivity index (χ2v) is 5.60. The van der Waals surface area contributed by atoms with Crippen LogP contribution >= 0.6 is 0 Å². The van der Waals surface area contributed by atoms with Gasteiger partial charge in [-0.1, -0.05) is 12.1 Å². The largest absolute Gasteiger partial charge is 0.496 e. The SMILES string of the molecule is COc1cc(C)ccc1C(C)NCC(C)(C)C(N)=O. The van der Waals surface area contributed by atoms with Crippen LogP contribution in [0.25, 0.3) is 0 Å². The second-order valence-electron chi connectivity index (χ2n) is 5.60. The number of nitrogens with one attached hydrogen (secondary N) is 1. The number of methoxy groups -OCH3 is 1. The summed E-state index contributed by atoms with van der Waals surface area (Å²) >= 11 is 0. The van der Waals surface area contributed by atoms with Crippen LogP contribution in [-0.2, 0) is 4.79 Å². The van der Waals surface area contributed by atoms with E-state index in [4.69, 9.17) is 10.5 Å². The number of ether oxygens (including phenoxy) is 1. The number of primary amides is 1. The van der Waals surface area contributed by atoms with E-state index in [0.29, 0.717) is 6.54 Å². The predicted octanol–water partition coefficient (Wildman–Crippen LogP) is 2.17. The molecular weight excluding hydrogens is 240 g/mol. The van der Waals surface area contributed by atoms with Gasteiger partial charge in [0.1, 0.15) is 5.75 Å². The van der Waals surface area contributed by atoms with Crippen LogP contribution in [0.1, 0.15) is 37.9 Å². The molecule has 106 valence electrons. The van der Waals surface area contributed by atoms with Gasteiger partial charge < -0.3 is 15.8 Å². The molecule has 0 aromatic heterocycles. The maximum atomic E-state index is 11.3. The Kier molecular flexibility index (Phi) is 4.95. The van der Waals surface area contributed by atoms with Crippen molar-refractivity contribution in [3.63, 3.8) is 0 Å². The van der Waals surface area contributed by atoms with Crippen LogP contribution in [0.5, 0.6) is 5.75 Å². The average Bonchev–Trinajstić information content (AvgIpc) is 2.35. The van der Waals surface area contributed by atoms with E-state index in [-0.39, 0.29) is 11.9 Å². The highest BCUT2D eigenvalue weighted by atomic mass is 16.5. The van der Waals surface area contributed by atoms with E-state index in [9.17, 15) is 4.79 Å². The number of nitrogens with two attached hydrogens (primary N) is 1. The Bertz CT molecular complexity index is 455. The Labute approximate surface area is 115 Å². The lowest BCUT2D eigenvalue weighted by Gasteiger charge is -2.25. The molecule has 1 aromatic carbocycles. The molecule has 0 fully saturated rings. The fraction of sp³-hybridized carbons (Fsp3) is 0.533. The molecule has 1 amide bonds. The van der Waals surface area contributed by atoms with Crippen LogP contribution in [0.4, 0.5) is 0 Å². The summed E-state index contributed by atoms with van der Waals surface area (Å²) in [5.41, 5.74) is 7.04. The smallest absolute Gasteiger partial charge is 0.224 e. The molecule has 0 aliphatic carbocycles. The minimum absolute atomic E-state index is 0.0918. The summed E-state index contributed by atoms with van der Waals surface area (Å²) < 4.78 is 5.40. The zero-order valence-corrected chi connectivity index (χ0v) is 12.4. The number of hydrogen-bond donors (Lipinski definition) is 2. The quantitative estimate of drug-likeness (QED) is 0.827. The van der Waals surface area contributed by atoms with Crippen LogP contribution in [0, 0.1) is 12.3 Å². The standard InChI is InChI=1S/C15H24N2O2/c1-10-6-7-12(13(8-10)19-5)11(2)17-9-15(3,4)14(16)18/h6-8,11,17H,9H2,1-5H3,(H2,16,18). The van der Waals surface area contributed by atoms with Gasteiger partial charge in [0.05, 0.1) is 12.5 Å². The number of aryl methyl sites for hydroxylation is 1. The molecule has 0 aliphatic heterocycles. The van der Waals surface area contributed by atoms with Crippen LogP contribution in [0.2, 0.25) is 0 Å². The van der Waals surface area contributed by atoms with Crippen LogP contribution < -0.4 is 15.8 Å². The molecule has 4 heteroatoms. The van der Waals surface area contributed by atoms with E-state index in [1.807, 2.05) is 39.8 Å². The Balaban J connectivity index is 2.79. The topological polar surface area (TPSA) is 64.3 Å². The monoisotopic (exact) mass is 264 g/mol. The molecule has 1 atom stereocenters. The Morgan fingerprint density at radius 1 is 1.47 bits per heavy atom. The highest BCUT2D eigenvalue weighted by Crippen LogP contribution is 2.26. The Morgan fingerprint density at radius 3 is 2.63 bits per heavy atom. The second kappa shape index (κ2) is 6.06. The predicted molar refractivity (Wildman–Crippen MR) is 77.1 cm³/mol. The van der Waals surface area contributed by atoms with Crippen molar-refractivity contribution in [1.29, 1.82) is 0 Å². The van der Waals surface area contributed by atoms with Crippen LogP contribution in [-0.4, -0.2) is 19.6 Å². The van der Waals surface area contributed by atoms with Crippen molar-refractivity contribution >= 4 is 5.91 Å². The Morgan fingerprint density at radius 2 is 2.11 bits per heavy atom. The van der Waals surface area contributed by atoms with Crippen molar-refractivity contribution in [2.24, 2.45) is 11.1 Å². The van der Waals surface area contributed by atoms with Gasteiger partial charge in [0, 0.05) is 18.2 Å². The number of benzene rings is 1. The first-order valence-electron chi connectivity index (χ1n) is 6.46. The molecule has 0 saturated carbocycles. The van der Waals surface area contributed by atoms with Crippen molar-refractivity contribution in [3.8, 4) is 5.75 Å². The highest BCUT2D eigenvalue weighted by molar-refractivity contribution is 5.80. The summed E-state index contributed by atoms with van der Waals surface area (Å²) in [5, 5.41) is 3.33. The lowest BCUT2D eigenvalue weighted by Crippen LogP contribution is -2.41. The van der Waals surface area contributed by atoms with Crippen molar-refractivity contribution in [3.05, 3.63) is 29.3 Å². The molecular formula is C15H24N2O2. The molecule has 0 saturated heterocycles.